The van der Waals surface area contributed by atoms with Gasteiger partial charge in [0.2, 0.25) is 11.8 Å². The van der Waals surface area contributed by atoms with Crippen LogP contribution in [0.15, 0.2) is 28.7 Å². The van der Waals surface area contributed by atoms with Crippen molar-refractivity contribution in [3.8, 4) is 0 Å². The molecule has 120 valence electrons. The lowest BCUT2D eigenvalue weighted by atomic mass is 9.88. The first kappa shape index (κ1) is 17.0. The number of hydrogen-bond donors (Lipinski definition) is 2. The van der Waals surface area contributed by atoms with E-state index in [0.29, 0.717) is 19.5 Å². The van der Waals surface area contributed by atoms with Crippen molar-refractivity contribution >= 4 is 27.7 Å². The predicted octanol–water partition coefficient (Wildman–Crippen LogP) is 1.74. The lowest BCUT2D eigenvalue weighted by molar-refractivity contribution is -0.139. The van der Waals surface area contributed by atoms with Crippen molar-refractivity contribution in [2.45, 2.75) is 31.7 Å². The molecule has 0 saturated carbocycles. The average Bonchev–Trinajstić information content (AvgIpc) is 2.46. The Morgan fingerprint density at radius 2 is 2.00 bits per heavy atom. The van der Waals surface area contributed by atoms with E-state index < -0.39 is 5.54 Å². The van der Waals surface area contributed by atoms with Gasteiger partial charge in [0.15, 0.2) is 0 Å². The van der Waals surface area contributed by atoms with Gasteiger partial charge in [-0.1, -0.05) is 28.1 Å². The van der Waals surface area contributed by atoms with Crippen LogP contribution in [-0.4, -0.2) is 29.8 Å². The Morgan fingerprint density at radius 3 is 2.59 bits per heavy atom. The molecule has 2 unspecified atom stereocenters. The Balaban J connectivity index is 2.11. The third-order valence-corrected chi connectivity index (χ3v) is 4.71. The fraction of sp³-hybridized carbons (Fsp3) is 0.500. The fourth-order valence-electron chi connectivity index (χ4n) is 2.95. The van der Waals surface area contributed by atoms with Crippen LogP contribution in [0.1, 0.15) is 31.7 Å². The molecule has 1 heterocycles. The summed E-state index contributed by atoms with van der Waals surface area (Å²) < 4.78 is 0.944. The maximum atomic E-state index is 12.8. The molecule has 0 aliphatic carbocycles. The summed E-state index contributed by atoms with van der Waals surface area (Å²) in [5.74, 6) is -0.289. The van der Waals surface area contributed by atoms with Gasteiger partial charge in [-0.15, -0.1) is 0 Å². The highest BCUT2D eigenvalue weighted by Crippen LogP contribution is 2.26. The molecule has 0 radical (unpaired) electrons. The van der Waals surface area contributed by atoms with Crippen molar-refractivity contribution in [1.29, 1.82) is 0 Å². The molecule has 1 fully saturated rings. The van der Waals surface area contributed by atoms with Crippen molar-refractivity contribution in [3.63, 3.8) is 0 Å². The molecule has 4 N–H and O–H groups in total. The maximum Gasteiger partial charge on any atom is 0.246 e. The Morgan fingerprint density at radius 1 is 1.36 bits per heavy atom. The smallest absolute Gasteiger partial charge is 0.246 e. The molecule has 5 nitrogen and oxygen atoms in total. The van der Waals surface area contributed by atoms with Gasteiger partial charge in [-0.3, -0.25) is 9.59 Å². The zero-order chi connectivity index (χ0) is 16.3. The molecule has 1 saturated heterocycles. The van der Waals surface area contributed by atoms with E-state index in [2.05, 4.69) is 15.9 Å². The monoisotopic (exact) mass is 367 g/mol. The molecule has 1 aliphatic rings. The van der Waals surface area contributed by atoms with E-state index in [4.69, 9.17) is 11.5 Å². The number of carbonyl (C=O) groups is 2. The molecule has 0 aromatic heterocycles. The third kappa shape index (κ3) is 3.87. The molecule has 1 aromatic carbocycles. The first-order chi connectivity index (χ1) is 10.3. The van der Waals surface area contributed by atoms with Crippen LogP contribution in [0.4, 0.5) is 0 Å². The molecule has 22 heavy (non-hydrogen) atoms. The van der Waals surface area contributed by atoms with Gasteiger partial charge < -0.3 is 16.4 Å². The van der Waals surface area contributed by atoms with E-state index in [9.17, 15) is 9.59 Å². The van der Waals surface area contributed by atoms with E-state index >= 15 is 0 Å². The minimum Gasteiger partial charge on any atom is -0.370 e. The number of carbonyl (C=O) groups excluding carboxylic acids is 2. The van der Waals surface area contributed by atoms with E-state index in [1.807, 2.05) is 24.3 Å². The fourth-order valence-corrected chi connectivity index (χ4v) is 3.21. The Kier molecular flexibility index (Phi) is 5.24. The summed E-state index contributed by atoms with van der Waals surface area (Å²) in [7, 11) is 0. The average molecular weight is 368 g/mol. The van der Waals surface area contributed by atoms with Crippen LogP contribution < -0.4 is 11.5 Å². The summed E-state index contributed by atoms with van der Waals surface area (Å²) in [4.78, 5) is 25.7. The molecule has 6 heteroatoms. The second-order valence-corrected chi connectivity index (χ2v) is 7.05. The minimum atomic E-state index is -1.07. The van der Waals surface area contributed by atoms with Crippen LogP contribution in [0.25, 0.3) is 0 Å². The van der Waals surface area contributed by atoms with Crippen LogP contribution in [-0.2, 0) is 15.1 Å². The standard InChI is InChI=1S/C16H22BrN3O2/c1-16(19,12-4-6-13(17)7-5-12)15(22)20-8-2-3-11(10-20)9-14(18)21/h4-7,11H,2-3,8-10,19H2,1H3,(H2,18,21). The van der Waals surface area contributed by atoms with Gasteiger partial charge in [0, 0.05) is 24.0 Å². The number of nitrogens with two attached hydrogens (primary N) is 2. The number of halogens is 1. The summed E-state index contributed by atoms with van der Waals surface area (Å²) in [5.41, 5.74) is 11.3. The molecular weight excluding hydrogens is 346 g/mol. The first-order valence-electron chi connectivity index (χ1n) is 7.43. The van der Waals surface area contributed by atoms with Gasteiger partial charge in [0.25, 0.3) is 0 Å². The van der Waals surface area contributed by atoms with Crippen LogP contribution in [0.5, 0.6) is 0 Å². The first-order valence-corrected chi connectivity index (χ1v) is 8.22. The number of hydrogen-bond acceptors (Lipinski definition) is 3. The topological polar surface area (TPSA) is 89.4 Å². The summed E-state index contributed by atoms with van der Waals surface area (Å²) in [6.07, 6.45) is 2.12. The van der Waals surface area contributed by atoms with Crippen molar-refractivity contribution in [2.75, 3.05) is 13.1 Å². The Hall–Kier alpha value is -1.40. The quantitative estimate of drug-likeness (QED) is 0.848. The molecule has 0 spiro atoms. The molecule has 2 amide bonds. The number of rotatable bonds is 4. The van der Waals surface area contributed by atoms with E-state index in [1.54, 1.807) is 11.8 Å². The molecular formula is C16H22BrN3O2. The lowest BCUT2D eigenvalue weighted by Gasteiger charge is -2.37. The van der Waals surface area contributed by atoms with Gasteiger partial charge in [-0.25, -0.2) is 0 Å². The van der Waals surface area contributed by atoms with Crippen molar-refractivity contribution in [2.24, 2.45) is 17.4 Å². The van der Waals surface area contributed by atoms with Crippen LogP contribution >= 0.6 is 15.9 Å². The normalized spacial score (nSPS) is 21.2. The van der Waals surface area contributed by atoms with Gasteiger partial charge in [-0.05, 0) is 43.4 Å². The van der Waals surface area contributed by atoms with Gasteiger partial charge in [-0.2, -0.15) is 0 Å². The van der Waals surface area contributed by atoms with E-state index in [-0.39, 0.29) is 17.7 Å². The largest absolute Gasteiger partial charge is 0.370 e. The number of likely N-dealkylation sites (tertiary alicyclic amines) is 1. The third-order valence-electron chi connectivity index (χ3n) is 4.18. The Labute approximate surface area is 139 Å². The second kappa shape index (κ2) is 6.79. The SMILES string of the molecule is CC(N)(C(=O)N1CCCC(CC(N)=O)C1)c1ccc(Br)cc1. The van der Waals surface area contributed by atoms with Crippen molar-refractivity contribution in [1.82, 2.24) is 4.90 Å². The predicted molar refractivity (Wildman–Crippen MR) is 88.8 cm³/mol. The summed E-state index contributed by atoms with van der Waals surface area (Å²) >= 11 is 3.38. The van der Waals surface area contributed by atoms with Crippen molar-refractivity contribution in [3.05, 3.63) is 34.3 Å². The lowest BCUT2D eigenvalue weighted by Crippen LogP contribution is -2.53. The minimum absolute atomic E-state index is 0.107. The van der Waals surface area contributed by atoms with Gasteiger partial charge in [0.1, 0.15) is 5.54 Å². The number of nitrogens with zero attached hydrogens (tertiary/aromatic N) is 1. The summed E-state index contributed by atoms with van der Waals surface area (Å²) in [6, 6.07) is 7.46. The van der Waals surface area contributed by atoms with Crippen LogP contribution in [0.3, 0.4) is 0 Å². The number of amides is 2. The maximum absolute atomic E-state index is 12.8. The van der Waals surface area contributed by atoms with Crippen LogP contribution in [0, 0.1) is 5.92 Å². The number of piperidine rings is 1. The van der Waals surface area contributed by atoms with Crippen LogP contribution in [0.2, 0.25) is 0 Å². The van der Waals surface area contributed by atoms with Crippen molar-refractivity contribution < 1.29 is 9.59 Å². The number of primary amides is 1. The van der Waals surface area contributed by atoms with Gasteiger partial charge in [0.05, 0.1) is 0 Å². The molecule has 1 aliphatic heterocycles. The summed E-state index contributed by atoms with van der Waals surface area (Å²) in [6.45, 7) is 2.96. The molecule has 1 aromatic rings. The number of benzene rings is 1. The van der Waals surface area contributed by atoms with E-state index in [1.165, 1.54) is 0 Å². The van der Waals surface area contributed by atoms with Gasteiger partial charge >= 0.3 is 0 Å². The molecule has 2 atom stereocenters. The molecule has 0 bridgehead atoms. The second-order valence-electron chi connectivity index (χ2n) is 6.14. The van der Waals surface area contributed by atoms with E-state index in [0.717, 1.165) is 22.9 Å². The zero-order valence-corrected chi connectivity index (χ0v) is 14.3. The highest BCUT2D eigenvalue weighted by Gasteiger charge is 2.36. The highest BCUT2D eigenvalue weighted by molar-refractivity contribution is 9.10. The summed E-state index contributed by atoms with van der Waals surface area (Å²) in [5, 5.41) is 0. The Bertz CT molecular complexity index is 557. The zero-order valence-electron chi connectivity index (χ0n) is 12.7. The molecule has 2 rings (SSSR count). The highest BCUT2D eigenvalue weighted by atomic mass is 79.9.